The molecule has 5 aromatic rings. The standard InChI is InChI=1S/C31H31N9O3/c1-20-11-22(4-5-27(20)43-24-6-9-39-28(13-24)32-18-34-39)36-31-30-26(7-10-40(30)35-19-33-31)21-14-38(15-21)29(41)3-2-8-37-16-25-12-23(37)17-42-25/h2-7,9-11,13,18-19,21,23,25H,8,12,14-17H2,1H3,(H,33,35,36)/b3-2+/t23-,25-/m0/s1. The van der Waals surface area contributed by atoms with E-state index in [0.717, 1.165) is 59.8 Å². The maximum absolute atomic E-state index is 12.8. The fourth-order valence-electron chi connectivity index (χ4n) is 6.32. The van der Waals surface area contributed by atoms with E-state index in [-0.39, 0.29) is 11.8 Å². The summed E-state index contributed by atoms with van der Waals surface area (Å²) in [5.74, 6) is 2.45. The number of hydrogen-bond donors (Lipinski definition) is 1. The molecule has 43 heavy (non-hydrogen) atoms. The van der Waals surface area contributed by atoms with Gasteiger partial charge >= 0.3 is 0 Å². The highest BCUT2D eigenvalue weighted by atomic mass is 16.5. The molecule has 0 aliphatic carbocycles. The molecule has 2 bridgehead atoms. The molecule has 0 unspecified atom stereocenters. The van der Waals surface area contributed by atoms with Crippen molar-refractivity contribution in [2.45, 2.75) is 31.4 Å². The van der Waals surface area contributed by atoms with Crippen molar-refractivity contribution in [3.05, 3.63) is 84.7 Å². The molecule has 8 rings (SSSR count). The first-order valence-corrected chi connectivity index (χ1v) is 14.6. The SMILES string of the molecule is Cc1cc(Nc2ncnn3ccc(C4CN(C(=O)/C=C/CN5C[C@@H]6C[C@H]5CO6)C4)c23)ccc1Oc1ccn2ncnc2c1. The number of ether oxygens (including phenoxy) is 2. The number of rotatable bonds is 8. The van der Waals surface area contributed by atoms with Gasteiger partial charge in [-0.1, -0.05) is 6.08 Å². The Bertz CT molecular complexity index is 1860. The minimum absolute atomic E-state index is 0.0640. The third kappa shape index (κ3) is 4.88. The molecule has 0 radical (unpaired) electrons. The zero-order valence-electron chi connectivity index (χ0n) is 23.7. The Morgan fingerprint density at radius 2 is 1.93 bits per heavy atom. The summed E-state index contributed by atoms with van der Waals surface area (Å²) in [6.45, 7) is 5.93. The zero-order chi connectivity index (χ0) is 28.9. The van der Waals surface area contributed by atoms with E-state index in [1.807, 2.05) is 65.1 Å². The van der Waals surface area contributed by atoms with E-state index in [4.69, 9.17) is 9.47 Å². The van der Waals surface area contributed by atoms with Crippen molar-refractivity contribution in [2.75, 3.05) is 38.1 Å². The molecular formula is C31H31N9O3. The number of aryl methyl sites for hydroxylation is 1. The van der Waals surface area contributed by atoms with Crippen molar-refractivity contribution < 1.29 is 14.3 Å². The van der Waals surface area contributed by atoms with Crippen LogP contribution in [0.15, 0.2) is 73.6 Å². The van der Waals surface area contributed by atoms with Crippen LogP contribution in [-0.2, 0) is 9.53 Å². The molecule has 3 aliphatic heterocycles. The number of aromatic nitrogens is 6. The average Bonchev–Trinajstić information content (AvgIpc) is 3.79. The van der Waals surface area contributed by atoms with Crippen LogP contribution in [0.25, 0.3) is 11.2 Å². The van der Waals surface area contributed by atoms with Crippen molar-refractivity contribution in [3.8, 4) is 11.5 Å². The Balaban J connectivity index is 0.932. The molecule has 3 aliphatic rings. The van der Waals surface area contributed by atoms with Gasteiger partial charge in [0.15, 0.2) is 11.5 Å². The van der Waals surface area contributed by atoms with Gasteiger partial charge in [-0.2, -0.15) is 10.2 Å². The molecule has 4 aromatic heterocycles. The number of fused-ring (bicyclic) bond motifs is 4. The number of pyridine rings is 1. The van der Waals surface area contributed by atoms with Gasteiger partial charge in [0.25, 0.3) is 0 Å². The van der Waals surface area contributed by atoms with Crippen LogP contribution < -0.4 is 10.1 Å². The minimum Gasteiger partial charge on any atom is -0.457 e. The van der Waals surface area contributed by atoms with Gasteiger partial charge in [0.1, 0.15) is 29.7 Å². The largest absolute Gasteiger partial charge is 0.457 e. The number of benzene rings is 1. The lowest BCUT2D eigenvalue weighted by atomic mass is 9.92. The molecule has 0 saturated carbocycles. The predicted molar refractivity (Wildman–Crippen MR) is 159 cm³/mol. The normalized spacial score (nSPS) is 20.4. The summed E-state index contributed by atoms with van der Waals surface area (Å²) in [6.07, 6.45) is 12.0. The van der Waals surface area contributed by atoms with E-state index in [0.29, 0.717) is 36.8 Å². The smallest absolute Gasteiger partial charge is 0.246 e. The van der Waals surface area contributed by atoms with Crippen LogP contribution in [0.4, 0.5) is 11.5 Å². The highest BCUT2D eigenvalue weighted by Gasteiger charge is 2.38. The lowest BCUT2D eigenvalue weighted by Crippen LogP contribution is -2.47. The molecular weight excluding hydrogens is 546 g/mol. The summed E-state index contributed by atoms with van der Waals surface area (Å²) >= 11 is 0. The lowest BCUT2D eigenvalue weighted by Gasteiger charge is -2.38. The van der Waals surface area contributed by atoms with Gasteiger partial charge in [0, 0.05) is 68.4 Å². The molecule has 0 spiro atoms. The second-order valence-electron chi connectivity index (χ2n) is 11.4. The van der Waals surface area contributed by atoms with Crippen LogP contribution in [0, 0.1) is 6.92 Å². The summed E-state index contributed by atoms with van der Waals surface area (Å²) in [5, 5.41) is 12.0. The van der Waals surface area contributed by atoms with Crippen LogP contribution in [0.1, 0.15) is 23.5 Å². The minimum atomic E-state index is 0.0640. The van der Waals surface area contributed by atoms with E-state index in [2.05, 4.69) is 36.4 Å². The van der Waals surface area contributed by atoms with Crippen molar-refractivity contribution in [1.82, 2.24) is 39.0 Å². The van der Waals surface area contributed by atoms with Crippen LogP contribution in [-0.4, -0.2) is 89.8 Å². The third-order valence-electron chi connectivity index (χ3n) is 8.65. The maximum atomic E-state index is 12.8. The molecule has 2 atom stereocenters. The zero-order valence-corrected chi connectivity index (χ0v) is 23.7. The van der Waals surface area contributed by atoms with Crippen molar-refractivity contribution in [2.24, 2.45) is 0 Å². The molecule has 1 N–H and O–H groups in total. The van der Waals surface area contributed by atoms with Gasteiger partial charge in [0.05, 0.1) is 12.7 Å². The molecule has 12 heteroatoms. The summed E-state index contributed by atoms with van der Waals surface area (Å²) in [7, 11) is 0. The fourth-order valence-corrected chi connectivity index (χ4v) is 6.32. The first-order chi connectivity index (χ1) is 21.1. The van der Waals surface area contributed by atoms with Gasteiger partial charge in [-0.25, -0.2) is 19.0 Å². The van der Waals surface area contributed by atoms with Crippen molar-refractivity contribution in [3.63, 3.8) is 0 Å². The van der Waals surface area contributed by atoms with E-state index in [1.165, 1.54) is 6.33 Å². The summed E-state index contributed by atoms with van der Waals surface area (Å²) in [4.78, 5) is 25.9. The highest BCUT2D eigenvalue weighted by molar-refractivity contribution is 5.88. The molecule has 1 amide bonds. The molecule has 12 nitrogen and oxygen atoms in total. The van der Waals surface area contributed by atoms with Crippen LogP contribution in [0.2, 0.25) is 0 Å². The first-order valence-electron chi connectivity index (χ1n) is 14.6. The van der Waals surface area contributed by atoms with Crippen LogP contribution in [0.3, 0.4) is 0 Å². The Morgan fingerprint density at radius 1 is 1.07 bits per heavy atom. The Labute approximate surface area is 247 Å². The van der Waals surface area contributed by atoms with Gasteiger partial charge in [0.2, 0.25) is 5.91 Å². The second kappa shape index (κ2) is 10.5. The van der Waals surface area contributed by atoms with Gasteiger partial charge in [-0.05, 0) is 54.8 Å². The topological polar surface area (TPSA) is 114 Å². The molecule has 1 aromatic carbocycles. The second-order valence-corrected chi connectivity index (χ2v) is 11.4. The number of nitrogens with one attached hydrogen (secondary N) is 1. The van der Waals surface area contributed by atoms with Crippen LogP contribution >= 0.6 is 0 Å². The van der Waals surface area contributed by atoms with Crippen LogP contribution in [0.5, 0.6) is 11.5 Å². The molecule has 3 saturated heterocycles. The number of carbonyl (C=O) groups excluding carboxylic acids is 1. The Kier molecular flexibility index (Phi) is 6.30. The number of anilines is 2. The van der Waals surface area contributed by atoms with Crippen molar-refractivity contribution in [1.29, 1.82) is 0 Å². The molecule has 3 fully saturated rings. The van der Waals surface area contributed by atoms with Crippen molar-refractivity contribution >= 4 is 28.6 Å². The number of carbonyl (C=O) groups is 1. The maximum Gasteiger partial charge on any atom is 0.246 e. The number of amides is 1. The number of nitrogens with zero attached hydrogens (tertiary/aromatic N) is 8. The van der Waals surface area contributed by atoms with E-state index < -0.39 is 0 Å². The quantitative estimate of drug-likeness (QED) is 0.277. The fraction of sp³-hybridized carbons (Fsp3) is 0.323. The van der Waals surface area contributed by atoms with E-state index in [1.54, 1.807) is 16.9 Å². The van der Waals surface area contributed by atoms with E-state index in [9.17, 15) is 4.79 Å². The average molecular weight is 578 g/mol. The summed E-state index contributed by atoms with van der Waals surface area (Å²) in [6, 6.07) is 12.2. The Hall–Kier alpha value is -4.81. The van der Waals surface area contributed by atoms with Gasteiger partial charge in [-0.15, -0.1) is 0 Å². The lowest BCUT2D eigenvalue weighted by molar-refractivity contribution is -0.130. The third-order valence-corrected chi connectivity index (χ3v) is 8.65. The molecule has 7 heterocycles. The summed E-state index contributed by atoms with van der Waals surface area (Å²) < 4.78 is 15.3. The van der Waals surface area contributed by atoms with Gasteiger partial charge in [-0.3, -0.25) is 9.69 Å². The number of likely N-dealkylation sites (tertiary alicyclic amines) is 2. The highest BCUT2D eigenvalue weighted by Crippen LogP contribution is 2.35. The van der Waals surface area contributed by atoms with E-state index >= 15 is 0 Å². The number of morpholine rings is 1. The summed E-state index contributed by atoms with van der Waals surface area (Å²) in [5.41, 5.74) is 4.63. The monoisotopic (exact) mass is 577 g/mol. The first kappa shape index (κ1) is 25.9. The number of hydrogen-bond acceptors (Lipinski definition) is 9. The van der Waals surface area contributed by atoms with Gasteiger partial charge < -0.3 is 19.7 Å². The predicted octanol–water partition coefficient (Wildman–Crippen LogP) is 3.57. The Morgan fingerprint density at radius 3 is 2.77 bits per heavy atom. The molecule has 218 valence electrons.